The van der Waals surface area contributed by atoms with Gasteiger partial charge in [0.25, 0.3) is 5.91 Å². The van der Waals surface area contributed by atoms with Crippen LogP contribution in [0.1, 0.15) is 21.7 Å². The van der Waals surface area contributed by atoms with Gasteiger partial charge in [-0.3, -0.25) is 14.2 Å². The van der Waals surface area contributed by atoms with E-state index in [1.807, 2.05) is 29.5 Å². The summed E-state index contributed by atoms with van der Waals surface area (Å²) in [5.74, 6) is 0.302. The summed E-state index contributed by atoms with van der Waals surface area (Å²) < 4.78 is 1.85. The molecule has 0 bridgehead atoms. The van der Waals surface area contributed by atoms with Crippen molar-refractivity contribution in [3.05, 3.63) is 87.8 Å². The van der Waals surface area contributed by atoms with Crippen LogP contribution in [0.2, 0.25) is 10.0 Å². The molecule has 0 fully saturated rings. The number of nitrogens with one attached hydrogen (secondary N) is 1. The summed E-state index contributed by atoms with van der Waals surface area (Å²) in [6.45, 7) is 2.19. The highest BCUT2D eigenvalue weighted by Crippen LogP contribution is 2.32. The van der Waals surface area contributed by atoms with Crippen molar-refractivity contribution in [1.82, 2.24) is 29.9 Å². The summed E-state index contributed by atoms with van der Waals surface area (Å²) in [5, 5.41) is 12.6. The molecule has 0 aliphatic heterocycles. The Hall–Kier alpha value is -3.55. The van der Waals surface area contributed by atoms with Gasteiger partial charge >= 0.3 is 0 Å². The Balaban J connectivity index is 1.62. The lowest BCUT2D eigenvalue weighted by Gasteiger charge is -2.10. The van der Waals surface area contributed by atoms with Crippen molar-refractivity contribution in [2.24, 2.45) is 0 Å². The molecule has 0 saturated carbocycles. The number of fused-ring (bicyclic) bond motifs is 3. The molecule has 158 valence electrons. The van der Waals surface area contributed by atoms with E-state index < -0.39 is 0 Å². The van der Waals surface area contributed by atoms with Gasteiger partial charge in [0.1, 0.15) is 0 Å². The van der Waals surface area contributed by atoms with Crippen LogP contribution >= 0.6 is 23.2 Å². The standard InChI is InChI=1S/C23H16Cl2N6O/c1-13-21-29-30-22(17-11-15(24)6-7-18(17)25)31(21)20-10-14(5-8-19(20)28-13)23(32)27-12-16-4-2-3-9-26-16/h2-11H,12H2,1H3,(H,27,32). The highest BCUT2D eigenvalue weighted by atomic mass is 35.5. The van der Waals surface area contributed by atoms with Crippen molar-refractivity contribution < 1.29 is 4.79 Å². The largest absolute Gasteiger partial charge is 0.346 e. The lowest BCUT2D eigenvalue weighted by atomic mass is 10.1. The minimum absolute atomic E-state index is 0.221. The van der Waals surface area contributed by atoms with Crippen molar-refractivity contribution in [1.29, 1.82) is 0 Å². The van der Waals surface area contributed by atoms with Crippen LogP contribution in [0.4, 0.5) is 0 Å². The van der Waals surface area contributed by atoms with E-state index in [-0.39, 0.29) is 5.91 Å². The molecule has 7 nitrogen and oxygen atoms in total. The molecule has 5 rings (SSSR count). The number of hydrogen-bond acceptors (Lipinski definition) is 5. The molecular weight excluding hydrogens is 447 g/mol. The van der Waals surface area contributed by atoms with Gasteiger partial charge in [-0.2, -0.15) is 0 Å². The summed E-state index contributed by atoms with van der Waals surface area (Å²) >= 11 is 12.6. The molecule has 0 radical (unpaired) electrons. The number of hydrogen-bond donors (Lipinski definition) is 1. The van der Waals surface area contributed by atoms with Gasteiger partial charge in [0.2, 0.25) is 0 Å². The number of pyridine rings is 1. The average molecular weight is 463 g/mol. The van der Waals surface area contributed by atoms with Crippen LogP contribution in [-0.4, -0.2) is 30.5 Å². The van der Waals surface area contributed by atoms with Gasteiger partial charge in [0.15, 0.2) is 11.5 Å². The Kier molecular flexibility index (Phi) is 5.20. The van der Waals surface area contributed by atoms with Gasteiger partial charge in [0.05, 0.1) is 34.0 Å². The molecule has 0 aliphatic carbocycles. The number of carbonyl (C=O) groups excluding carboxylic acids is 1. The fraction of sp³-hybridized carbons (Fsp3) is 0.0870. The number of halogens is 2. The Morgan fingerprint density at radius 1 is 1.06 bits per heavy atom. The fourth-order valence-electron chi connectivity index (χ4n) is 3.53. The molecule has 5 aromatic rings. The SMILES string of the molecule is Cc1nc2ccc(C(=O)NCc3ccccn3)cc2n2c(-c3cc(Cl)ccc3Cl)nnc12. The maximum absolute atomic E-state index is 12.8. The Morgan fingerprint density at radius 2 is 1.94 bits per heavy atom. The Labute approximate surface area is 193 Å². The quantitative estimate of drug-likeness (QED) is 0.411. The minimum Gasteiger partial charge on any atom is -0.346 e. The van der Waals surface area contributed by atoms with Gasteiger partial charge in [-0.25, -0.2) is 4.98 Å². The van der Waals surface area contributed by atoms with Crippen LogP contribution < -0.4 is 5.32 Å². The average Bonchev–Trinajstić information content (AvgIpc) is 3.25. The second-order valence-electron chi connectivity index (χ2n) is 7.21. The first-order valence-corrected chi connectivity index (χ1v) is 10.6. The molecular formula is C23H16Cl2N6O. The third-order valence-electron chi connectivity index (χ3n) is 5.08. The number of benzene rings is 2. The van der Waals surface area contributed by atoms with Gasteiger partial charge in [-0.15, -0.1) is 10.2 Å². The second kappa shape index (κ2) is 8.18. The van der Waals surface area contributed by atoms with E-state index in [4.69, 9.17) is 23.2 Å². The number of amides is 1. The van der Waals surface area contributed by atoms with E-state index in [9.17, 15) is 4.79 Å². The molecule has 2 aromatic carbocycles. The number of rotatable bonds is 4. The van der Waals surface area contributed by atoms with Crippen LogP contribution in [0.15, 0.2) is 60.8 Å². The Morgan fingerprint density at radius 3 is 2.75 bits per heavy atom. The molecule has 1 N–H and O–H groups in total. The summed E-state index contributed by atoms with van der Waals surface area (Å²) in [6, 6.07) is 16.1. The molecule has 0 spiro atoms. The number of aryl methyl sites for hydroxylation is 1. The lowest BCUT2D eigenvalue weighted by Crippen LogP contribution is -2.23. The molecule has 32 heavy (non-hydrogen) atoms. The number of carbonyl (C=O) groups is 1. The van der Waals surface area contributed by atoms with E-state index in [2.05, 4.69) is 25.5 Å². The van der Waals surface area contributed by atoms with Crippen LogP contribution in [0, 0.1) is 6.92 Å². The summed E-state index contributed by atoms with van der Waals surface area (Å²) in [6.07, 6.45) is 1.69. The first-order valence-electron chi connectivity index (χ1n) is 9.80. The minimum atomic E-state index is -0.221. The third-order valence-corrected chi connectivity index (χ3v) is 5.64. The third kappa shape index (κ3) is 3.66. The van der Waals surface area contributed by atoms with Gasteiger partial charge < -0.3 is 5.32 Å². The molecule has 3 heterocycles. The molecule has 9 heteroatoms. The van der Waals surface area contributed by atoms with Crippen molar-refractivity contribution in [3.63, 3.8) is 0 Å². The first-order chi connectivity index (χ1) is 15.5. The second-order valence-corrected chi connectivity index (χ2v) is 8.05. The smallest absolute Gasteiger partial charge is 0.251 e. The predicted molar refractivity (Wildman–Crippen MR) is 124 cm³/mol. The van der Waals surface area contributed by atoms with E-state index >= 15 is 0 Å². The number of aromatic nitrogens is 5. The van der Waals surface area contributed by atoms with Crippen molar-refractivity contribution >= 4 is 45.8 Å². The molecule has 1 amide bonds. The monoisotopic (exact) mass is 462 g/mol. The summed E-state index contributed by atoms with van der Waals surface area (Å²) in [4.78, 5) is 21.7. The normalized spacial score (nSPS) is 11.2. The topological polar surface area (TPSA) is 85.1 Å². The molecule has 0 aliphatic rings. The van der Waals surface area contributed by atoms with Gasteiger partial charge in [-0.05, 0) is 55.5 Å². The zero-order valence-corrected chi connectivity index (χ0v) is 18.4. The highest BCUT2D eigenvalue weighted by molar-refractivity contribution is 6.35. The lowest BCUT2D eigenvalue weighted by molar-refractivity contribution is 0.0950. The van der Waals surface area contributed by atoms with E-state index in [1.165, 1.54) is 0 Å². The fourth-order valence-corrected chi connectivity index (χ4v) is 3.91. The Bertz CT molecular complexity index is 1480. The van der Waals surface area contributed by atoms with E-state index in [0.29, 0.717) is 55.9 Å². The zero-order chi connectivity index (χ0) is 22.2. The van der Waals surface area contributed by atoms with E-state index in [1.54, 1.807) is 42.6 Å². The predicted octanol–water partition coefficient (Wildman–Crippen LogP) is 4.88. The van der Waals surface area contributed by atoms with E-state index in [0.717, 1.165) is 5.69 Å². The molecule has 0 unspecified atom stereocenters. The number of nitrogens with zero attached hydrogens (tertiary/aromatic N) is 5. The summed E-state index contributed by atoms with van der Waals surface area (Å²) in [5.41, 5.74) is 4.58. The van der Waals surface area contributed by atoms with Crippen LogP contribution in [-0.2, 0) is 6.54 Å². The first kappa shape index (κ1) is 20.4. The molecule has 0 saturated heterocycles. The van der Waals surface area contributed by atoms with Crippen LogP contribution in [0.3, 0.4) is 0 Å². The van der Waals surface area contributed by atoms with Crippen molar-refractivity contribution in [2.45, 2.75) is 13.5 Å². The van der Waals surface area contributed by atoms with Crippen LogP contribution in [0.5, 0.6) is 0 Å². The maximum Gasteiger partial charge on any atom is 0.251 e. The van der Waals surface area contributed by atoms with Gasteiger partial charge in [0, 0.05) is 22.3 Å². The van der Waals surface area contributed by atoms with Crippen molar-refractivity contribution in [2.75, 3.05) is 0 Å². The molecule has 3 aromatic heterocycles. The van der Waals surface area contributed by atoms with Crippen LogP contribution in [0.25, 0.3) is 28.1 Å². The highest BCUT2D eigenvalue weighted by Gasteiger charge is 2.18. The zero-order valence-electron chi connectivity index (χ0n) is 16.9. The maximum atomic E-state index is 12.8. The molecule has 0 atom stereocenters. The van der Waals surface area contributed by atoms with Crippen molar-refractivity contribution in [3.8, 4) is 11.4 Å². The van der Waals surface area contributed by atoms with Gasteiger partial charge in [-0.1, -0.05) is 29.3 Å². The summed E-state index contributed by atoms with van der Waals surface area (Å²) in [7, 11) is 0.